The highest BCUT2D eigenvalue weighted by Crippen LogP contribution is 2.26. The van der Waals surface area contributed by atoms with E-state index in [0.29, 0.717) is 22.7 Å². The van der Waals surface area contributed by atoms with Gasteiger partial charge in [-0.1, -0.05) is 37.2 Å². The number of nitrogens with zero attached hydrogens (tertiary/aromatic N) is 1. The Balaban J connectivity index is 2.09. The third-order valence-corrected chi connectivity index (χ3v) is 3.84. The molecule has 1 aromatic carbocycles. The van der Waals surface area contributed by atoms with Crippen molar-refractivity contribution in [2.45, 2.75) is 19.9 Å². The lowest BCUT2D eigenvalue weighted by molar-refractivity contribution is 0.543. The number of benzene rings is 1. The highest BCUT2D eigenvalue weighted by molar-refractivity contribution is 8.14. The monoisotopic (exact) mass is 272 g/mol. The quantitative estimate of drug-likeness (QED) is 0.879. The number of nitrogens with one attached hydrogen (secondary N) is 1. The SMILES string of the molecule is CC(C)[C@H]1CSC(Nc2ccc(Cl)cc2F)=N1. The molecule has 0 fully saturated rings. The van der Waals surface area contributed by atoms with E-state index in [4.69, 9.17) is 11.6 Å². The Labute approximate surface area is 110 Å². The van der Waals surface area contributed by atoms with E-state index in [0.717, 1.165) is 10.9 Å². The lowest BCUT2D eigenvalue weighted by Gasteiger charge is -2.08. The zero-order valence-electron chi connectivity index (χ0n) is 9.71. The minimum Gasteiger partial charge on any atom is -0.333 e. The summed E-state index contributed by atoms with van der Waals surface area (Å²) in [5, 5.41) is 4.18. The smallest absolute Gasteiger partial charge is 0.161 e. The van der Waals surface area contributed by atoms with Gasteiger partial charge < -0.3 is 5.32 Å². The van der Waals surface area contributed by atoms with Gasteiger partial charge in [-0.2, -0.15) is 0 Å². The number of amidine groups is 1. The van der Waals surface area contributed by atoms with Crippen LogP contribution in [0.4, 0.5) is 10.1 Å². The molecule has 1 N–H and O–H groups in total. The van der Waals surface area contributed by atoms with Gasteiger partial charge in [0.25, 0.3) is 0 Å². The van der Waals surface area contributed by atoms with Crippen molar-refractivity contribution in [3.63, 3.8) is 0 Å². The Morgan fingerprint density at radius 2 is 2.29 bits per heavy atom. The first-order valence-corrected chi connectivity index (χ1v) is 6.85. The van der Waals surface area contributed by atoms with E-state index in [9.17, 15) is 4.39 Å². The van der Waals surface area contributed by atoms with Gasteiger partial charge in [-0.3, -0.25) is 4.99 Å². The Morgan fingerprint density at radius 1 is 1.53 bits per heavy atom. The highest BCUT2D eigenvalue weighted by atomic mass is 35.5. The summed E-state index contributed by atoms with van der Waals surface area (Å²) in [6, 6.07) is 4.90. The van der Waals surface area contributed by atoms with E-state index >= 15 is 0 Å². The van der Waals surface area contributed by atoms with Crippen LogP contribution in [0.5, 0.6) is 0 Å². The van der Waals surface area contributed by atoms with Crippen molar-refractivity contribution >= 4 is 34.2 Å². The number of thioether (sulfide) groups is 1. The predicted molar refractivity (Wildman–Crippen MR) is 73.6 cm³/mol. The maximum absolute atomic E-state index is 13.5. The number of anilines is 1. The van der Waals surface area contributed by atoms with Crippen molar-refractivity contribution in [3.8, 4) is 0 Å². The molecule has 1 aliphatic rings. The zero-order valence-corrected chi connectivity index (χ0v) is 11.3. The average Bonchev–Trinajstić information content (AvgIpc) is 2.71. The maximum atomic E-state index is 13.5. The molecule has 0 saturated heterocycles. The molecule has 2 rings (SSSR count). The fraction of sp³-hybridized carbons (Fsp3) is 0.417. The molecule has 0 aliphatic carbocycles. The van der Waals surface area contributed by atoms with Crippen LogP contribution in [0.15, 0.2) is 23.2 Å². The molecular weight excluding hydrogens is 259 g/mol. The summed E-state index contributed by atoms with van der Waals surface area (Å²) < 4.78 is 13.5. The largest absolute Gasteiger partial charge is 0.333 e. The summed E-state index contributed by atoms with van der Waals surface area (Å²) in [7, 11) is 0. The van der Waals surface area contributed by atoms with Gasteiger partial charge in [0, 0.05) is 10.8 Å². The lowest BCUT2D eigenvalue weighted by Crippen LogP contribution is -2.12. The summed E-state index contributed by atoms with van der Waals surface area (Å²) in [5.74, 6) is 1.11. The summed E-state index contributed by atoms with van der Waals surface area (Å²) in [4.78, 5) is 4.52. The minimum atomic E-state index is -0.353. The van der Waals surface area contributed by atoms with Crippen LogP contribution in [0.2, 0.25) is 5.02 Å². The molecule has 0 spiro atoms. The average molecular weight is 273 g/mol. The van der Waals surface area contributed by atoms with Crippen molar-refractivity contribution in [1.82, 2.24) is 0 Å². The molecule has 0 aromatic heterocycles. The van der Waals surface area contributed by atoms with Crippen molar-refractivity contribution in [1.29, 1.82) is 0 Å². The number of hydrogen-bond acceptors (Lipinski definition) is 3. The molecule has 17 heavy (non-hydrogen) atoms. The molecule has 1 aromatic rings. The zero-order chi connectivity index (χ0) is 12.4. The fourth-order valence-corrected chi connectivity index (χ4v) is 2.84. The summed E-state index contributed by atoms with van der Waals surface area (Å²) in [6.45, 7) is 4.28. The van der Waals surface area contributed by atoms with Gasteiger partial charge in [0.15, 0.2) is 5.17 Å². The third kappa shape index (κ3) is 3.13. The first-order valence-electron chi connectivity index (χ1n) is 5.49. The summed E-state index contributed by atoms with van der Waals surface area (Å²) in [5.41, 5.74) is 0.421. The molecule has 92 valence electrons. The Hall–Kier alpha value is -0.740. The van der Waals surface area contributed by atoms with Crippen molar-refractivity contribution in [2.24, 2.45) is 10.9 Å². The lowest BCUT2D eigenvalue weighted by atomic mass is 10.1. The molecular formula is C12H14ClFN2S. The molecule has 0 bridgehead atoms. The van der Waals surface area contributed by atoms with Gasteiger partial charge in [0.1, 0.15) is 5.82 Å². The third-order valence-electron chi connectivity index (χ3n) is 2.62. The molecule has 5 heteroatoms. The topological polar surface area (TPSA) is 24.4 Å². The van der Waals surface area contributed by atoms with Gasteiger partial charge >= 0.3 is 0 Å². The fourth-order valence-electron chi connectivity index (χ4n) is 1.51. The van der Waals surface area contributed by atoms with Crippen LogP contribution in [0.3, 0.4) is 0 Å². The second kappa shape index (κ2) is 5.27. The van der Waals surface area contributed by atoms with Crippen LogP contribution in [0.1, 0.15) is 13.8 Å². The van der Waals surface area contributed by atoms with Gasteiger partial charge in [0.05, 0.1) is 11.7 Å². The number of halogens is 2. The van der Waals surface area contributed by atoms with Crippen LogP contribution in [0.25, 0.3) is 0 Å². The van der Waals surface area contributed by atoms with Crippen LogP contribution >= 0.6 is 23.4 Å². The molecule has 1 heterocycles. The van der Waals surface area contributed by atoms with Gasteiger partial charge in [-0.05, 0) is 24.1 Å². The van der Waals surface area contributed by atoms with Gasteiger partial charge in [0.2, 0.25) is 0 Å². The van der Waals surface area contributed by atoms with Crippen LogP contribution in [-0.4, -0.2) is 17.0 Å². The molecule has 0 saturated carbocycles. The van der Waals surface area contributed by atoms with E-state index in [1.807, 2.05) is 0 Å². The molecule has 2 nitrogen and oxygen atoms in total. The van der Waals surface area contributed by atoms with Crippen LogP contribution in [-0.2, 0) is 0 Å². The highest BCUT2D eigenvalue weighted by Gasteiger charge is 2.21. The van der Waals surface area contributed by atoms with Crippen LogP contribution in [0, 0.1) is 11.7 Å². The molecule has 1 atom stereocenters. The number of aliphatic imine (C=N–C) groups is 1. The van der Waals surface area contributed by atoms with Crippen molar-refractivity contribution < 1.29 is 4.39 Å². The van der Waals surface area contributed by atoms with Gasteiger partial charge in [-0.15, -0.1) is 0 Å². The van der Waals surface area contributed by atoms with E-state index in [-0.39, 0.29) is 5.82 Å². The number of rotatable bonds is 2. The van der Waals surface area contributed by atoms with Gasteiger partial charge in [-0.25, -0.2) is 4.39 Å². The first kappa shape index (κ1) is 12.7. The second-order valence-corrected chi connectivity index (χ2v) is 5.75. The number of hydrogen-bond donors (Lipinski definition) is 1. The van der Waals surface area contributed by atoms with E-state index in [1.54, 1.807) is 23.9 Å². The molecule has 0 amide bonds. The summed E-state index contributed by atoms with van der Waals surface area (Å²) >= 11 is 7.32. The molecule has 0 unspecified atom stereocenters. The molecule has 0 radical (unpaired) electrons. The van der Waals surface area contributed by atoms with Crippen molar-refractivity contribution in [3.05, 3.63) is 29.0 Å². The van der Waals surface area contributed by atoms with E-state index < -0.39 is 0 Å². The first-order chi connectivity index (χ1) is 8.06. The maximum Gasteiger partial charge on any atom is 0.161 e. The predicted octanol–water partition coefficient (Wildman–Crippen LogP) is 4.02. The summed E-state index contributed by atoms with van der Waals surface area (Å²) in [6.07, 6.45) is 0. The second-order valence-electron chi connectivity index (χ2n) is 4.31. The normalized spacial score (nSPS) is 19.6. The standard InChI is InChI=1S/C12H14ClFN2S/c1-7(2)11-6-17-12(16-11)15-10-4-3-8(13)5-9(10)14/h3-5,7,11H,6H2,1-2H3,(H,15,16)/t11-/m1/s1. The Kier molecular flexibility index (Phi) is 3.94. The Morgan fingerprint density at radius 3 is 2.88 bits per heavy atom. The minimum absolute atomic E-state index is 0.317. The van der Waals surface area contributed by atoms with Crippen molar-refractivity contribution in [2.75, 3.05) is 11.1 Å². The molecule has 1 aliphatic heterocycles. The van der Waals surface area contributed by atoms with Crippen LogP contribution < -0.4 is 5.32 Å². The van der Waals surface area contributed by atoms with E-state index in [2.05, 4.69) is 24.2 Å². The van der Waals surface area contributed by atoms with E-state index in [1.165, 1.54) is 6.07 Å². The Bertz CT molecular complexity index is 448.